The molecule has 0 unspecified atom stereocenters. The molecular weight excluding hydrogens is 264 g/mol. The van der Waals surface area contributed by atoms with E-state index in [2.05, 4.69) is 9.97 Å². The van der Waals surface area contributed by atoms with Gasteiger partial charge in [0.15, 0.2) is 5.43 Å². The Balaban J connectivity index is 2.74. The standard InChI is InChI=1S/C13H12N2O5/c1-19-7-5-8(15-10(6-7)20-2)11-9(16)3-4-14-12(11)13(17)18/h3-6H,1-2H3,(H,14,16)(H,17,18). The van der Waals surface area contributed by atoms with Crippen LogP contribution in [0.1, 0.15) is 10.5 Å². The van der Waals surface area contributed by atoms with Gasteiger partial charge in [-0.25, -0.2) is 9.78 Å². The zero-order valence-corrected chi connectivity index (χ0v) is 10.8. The van der Waals surface area contributed by atoms with Gasteiger partial charge in [-0.3, -0.25) is 4.79 Å². The van der Waals surface area contributed by atoms with Gasteiger partial charge in [0.05, 0.1) is 25.5 Å². The summed E-state index contributed by atoms with van der Waals surface area (Å²) in [4.78, 5) is 29.8. The van der Waals surface area contributed by atoms with Crippen molar-refractivity contribution in [3.8, 4) is 22.9 Å². The maximum absolute atomic E-state index is 11.9. The van der Waals surface area contributed by atoms with Gasteiger partial charge in [-0.1, -0.05) is 0 Å². The highest BCUT2D eigenvalue weighted by Crippen LogP contribution is 2.25. The van der Waals surface area contributed by atoms with Crippen LogP contribution in [0.3, 0.4) is 0 Å². The summed E-state index contributed by atoms with van der Waals surface area (Å²) in [5, 5.41) is 9.14. The zero-order chi connectivity index (χ0) is 14.7. The lowest BCUT2D eigenvalue weighted by Crippen LogP contribution is -2.14. The second kappa shape index (κ2) is 5.43. The number of pyridine rings is 2. The van der Waals surface area contributed by atoms with E-state index in [9.17, 15) is 9.59 Å². The van der Waals surface area contributed by atoms with E-state index in [0.29, 0.717) is 5.75 Å². The monoisotopic (exact) mass is 276 g/mol. The summed E-state index contributed by atoms with van der Waals surface area (Å²) in [5.74, 6) is -0.619. The molecule has 104 valence electrons. The van der Waals surface area contributed by atoms with Gasteiger partial charge in [-0.2, -0.15) is 0 Å². The van der Waals surface area contributed by atoms with Crippen LogP contribution in [-0.2, 0) is 0 Å². The Morgan fingerprint density at radius 3 is 2.65 bits per heavy atom. The van der Waals surface area contributed by atoms with Crippen molar-refractivity contribution in [3.05, 3.63) is 40.3 Å². The van der Waals surface area contributed by atoms with Crippen LogP contribution in [0.4, 0.5) is 0 Å². The number of methoxy groups -OCH3 is 2. The Labute approximate surface area is 113 Å². The summed E-state index contributed by atoms with van der Waals surface area (Å²) in [6, 6.07) is 4.23. The van der Waals surface area contributed by atoms with Crippen LogP contribution in [-0.4, -0.2) is 35.3 Å². The number of hydrogen-bond acceptors (Lipinski definition) is 5. The molecule has 0 radical (unpaired) electrons. The molecule has 0 fully saturated rings. The van der Waals surface area contributed by atoms with Crippen LogP contribution >= 0.6 is 0 Å². The van der Waals surface area contributed by atoms with Gasteiger partial charge in [0.1, 0.15) is 11.4 Å². The van der Waals surface area contributed by atoms with Crippen LogP contribution in [0.5, 0.6) is 11.6 Å². The van der Waals surface area contributed by atoms with Crippen molar-refractivity contribution in [1.82, 2.24) is 9.97 Å². The average molecular weight is 276 g/mol. The number of carboxylic acids is 1. The number of hydrogen-bond donors (Lipinski definition) is 2. The molecule has 0 aromatic carbocycles. The van der Waals surface area contributed by atoms with Crippen molar-refractivity contribution >= 4 is 5.97 Å². The number of aromatic carboxylic acids is 1. The molecule has 2 aromatic heterocycles. The first-order valence-electron chi connectivity index (χ1n) is 5.62. The number of carboxylic acid groups (broad SMARTS) is 1. The quantitative estimate of drug-likeness (QED) is 0.868. The first-order valence-corrected chi connectivity index (χ1v) is 5.62. The molecule has 0 saturated heterocycles. The number of nitrogens with one attached hydrogen (secondary N) is 1. The molecule has 2 rings (SSSR count). The molecule has 0 bridgehead atoms. The SMILES string of the molecule is COc1cc(OC)nc(-c2c(C(=O)O)[nH]ccc2=O)c1. The third kappa shape index (κ3) is 2.46. The normalized spacial score (nSPS) is 10.1. The van der Waals surface area contributed by atoms with Crippen LogP contribution in [0.25, 0.3) is 11.3 Å². The average Bonchev–Trinajstić information content (AvgIpc) is 2.46. The first-order chi connectivity index (χ1) is 9.56. The van der Waals surface area contributed by atoms with E-state index in [-0.39, 0.29) is 22.8 Å². The molecule has 0 aliphatic heterocycles. The van der Waals surface area contributed by atoms with E-state index in [1.807, 2.05) is 0 Å². The molecule has 0 atom stereocenters. The van der Waals surface area contributed by atoms with Crippen LogP contribution in [0.15, 0.2) is 29.2 Å². The van der Waals surface area contributed by atoms with Crippen molar-refractivity contribution in [2.24, 2.45) is 0 Å². The predicted molar refractivity (Wildman–Crippen MR) is 70.4 cm³/mol. The Morgan fingerprint density at radius 1 is 1.30 bits per heavy atom. The molecular formula is C13H12N2O5. The molecule has 0 spiro atoms. The molecule has 0 aliphatic carbocycles. The highest BCUT2D eigenvalue weighted by molar-refractivity contribution is 5.93. The summed E-state index contributed by atoms with van der Waals surface area (Å²) in [6.07, 6.45) is 1.27. The number of carbonyl (C=O) groups is 1. The van der Waals surface area contributed by atoms with Gasteiger partial charge < -0.3 is 19.6 Å². The molecule has 2 aromatic rings. The smallest absolute Gasteiger partial charge is 0.353 e. The van der Waals surface area contributed by atoms with Crippen molar-refractivity contribution in [2.45, 2.75) is 0 Å². The van der Waals surface area contributed by atoms with E-state index < -0.39 is 11.4 Å². The number of nitrogens with zero attached hydrogens (tertiary/aromatic N) is 1. The number of rotatable bonds is 4. The highest BCUT2D eigenvalue weighted by atomic mass is 16.5. The fourth-order valence-electron chi connectivity index (χ4n) is 1.73. The minimum Gasteiger partial charge on any atom is -0.496 e. The van der Waals surface area contributed by atoms with Crippen LogP contribution < -0.4 is 14.9 Å². The summed E-state index contributed by atoms with van der Waals surface area (Å²) >= 11 is 0. The summed E-state index contributed by atoms with van der Waals surface area (Å²) in [5.41, 5.74) is -0.568. The van der Waals surface area contributed by atoms with Gasteiger partial charge >= 0.3 is 5.97 Å². The Bertz CT molecular complexity index is 686. The van der Waals surface area contributed by atoms with Crippen molar-refractivity contribution in [2.75, 3.05) is 14.2 Å². The predicted octanol–water partition coefficient (Wildman–Crippen LogP) is 1.15. The van der Waals surface area contributed by atoms with Gasteiger partial charge in [-0.15, -0.1) is 0 Å². The molecule has 7 heteroatoms. The van der Waals surface area contributed by atoms with Crippen molar-refractivity contribution < 1.29 is 19.4 Å². The third-order valence-electron chi connectivity index (χ3n) is 2.65. The summed E-state index contributed by atoms with van der Waals surface area (Å²) in [6.45, 7) is 0. The van der Waals surface area contributed by atoms with Gasteiger partial charge in [-0.05, 0) is 0 Å². The van der Waals surface area contributed by atoms with Crippen molar-refractivity contribution in [1.29, 1.82) is 0 Å². The Morgan fingerprint density at radius 2 is 2.05 bits per heavy atom. The van der Waals surface area contributed by atoms with E-state index in [0.717, 1.165) is 0 Å². The maximum Gasteiger partial charge on any atom is 0.353 e. The fourth-order valence-corrected chi connectivity index (χ4v) is 1.73. The summed E-state index contributed by atoms with van der Waals surface area (Å²) < 4.78 is 10.1. The molecule has 20 heavy (non-hydrogen) atoms. The largest absolute Gasteiger partial charge is 0.496 e. The molecule has 7 nitrogen and oxygen atoms in total. The lowest BCUT2D eigenvalue weighted by atomic mass is 10.1. The molecule has 0 amide bonds. The van der Waals surface area contributed by atoms with E-state index >= 15 is 0 Å². The summed E-state index contributed by atoms with van der Waals surface area (Å²) in [7, 11) is 2.87. The Kier molecular flexibility index (Phi) is 3.69. The number of aromatic nitrogens is 2. The third-order valence-corrected chi connectivity index (χ3v) is 2.65. The highest BCUT2D eigenvalue weighted by Gasteiger charge is 2.18. The molecule has 2 N–H and O–H groups in total. The van der Waals surface area contributed by atoms with Crippen LogP contribution in [0, 0.1) is 0 Å². The Hall–Kier alpha value is -2.83. The van der Waals surface area contributed by atoms with E-state index in [1.165, 1.54) is 38.6 Å². The van der Waals surface area contributed by atoms with E-state index in [4.69, 9.17) is 14.6 Å². The minimum absolute atomic E-state index is 0.0443. The second-order valence-corrected chi connectivity index (χ2v) is 3.83. The molecule has 2 heterocycles. The van der Waals surface area contributed by atoms with E-state index in [1.54, 1.807) is 0 Å². The van der Waals surface area contributed by atoms with Crippen molar-refractivity contribution in [3.63, 3.8) is 0 Å². The molecule has 0 saturated carbocycles. The lowest BCUT2D eigenvalue weighted by Gasteiger charge is -2.08. The topological polar surface area (TPSA) is 102 Å². The number of H-pyrrole nitrogens is 1. The van der Waals surface area contributed by atoms with Gasteiger partial charge in [0, 0.05) is 24.4 Å². The second-order valence-electron chi connectivity index (χ2n) is 3.83. The fraction of sp³-hybridized carbons (Fsp3) is 0.154. The number of aromatic amines is 1. The van der Waals surface area contributed by atoms with Crippen LogP contribution in [0.2, 0.25) is 0 Å². The zero-order valence-electron chi connectivity index (χ0n) is 10.8. The molecule has 0 aliphatic rings. The first kappa shape index (κ1) is 13.6. The lowest BCUT2D eigenvalue weighted by molar-refractivity contribution is 0.0691. The number of ether oxygens (including phenoxy) is 2. The van der Waals surface area contributed by atoms with Gasteiger partial charge in [0.2, 0.25) is 5.88 Å². The maximum atomic E-state index is 11.9. The van der Waals surface area contributed by atoms with Gasteiger partial charge in [0.25, 0.3) is 0 Å². The minimum atomic E-state index is -1.25.